The number of thioether (sulfide) groups is 1. The Balaban J connectivity index is 2.26. The Morgan fingerprint density at radius 3 is 3.00 bits per heavy atom. The first-order valence-electron chi connectivity index (χ1n) is 5.95. The van der Waals surface area contributed by atoms with Gasteiger partial charge >= 0.3 is 0 Å². The lowest BCUT2D eigenvalue weighted by atomic mass is 10.1. The van der Waals surface area contributed by atoms with E-state index in [9.17, 15) is 4.79 Å². The normalized spacial score (nSPS) is 24.8. The van der Waals surface area contributed by atoms with Crippen LogP contribution in [0.25, 0.3) is 0 Å². The van der Waals surface area contributed by atoms with E-state index < -0.39 is 0 Å². The minimum Gasteiger partial charge on any atom is -0.352 e. The van der Waals surface area contributed by atoms with Crippen molar-refractivity contribution in [3.8, 4) is 0 Å². The fourth-order valence-corrected chi connectivity index (χ4v) is 3.15. The molecule has 0 aromatic carbocycles. The Bertz CT molecular complexity index is 422. The maximum Gasteiger partial charge on any atom is 0.159 e. The van der Waals surface area contributed by atoms with Crippen molar-refractivity contribution in [1.82, 2.24) is 4.98 Å². The summed E-state index contributed by atoms with van der Waals surface area (Å²) < 4.78 is 0. The van der Waals surface area contributed by atoms with Crippen molar-refractivity contribution in [3.63, 3.8) is 0 Å². The van der Waals surface area contributed by atoms with Crippen LogP contribution in [0.2, 0.25) is 0 Å². The zero-order valence-corrected chi connectivity index (χ0v) is 11.3. The molecule has 2 unspecified atom stereocenters. The summed E-state index contributed by atoms with van der Waals surface area (Å²) >= 11 is 2.00. The van der Waals surface area contributed by atoms with Gasteiger partial charge in [-0.05, 0) is 26.0 Å². The highest BCUT2D eigenvalue weighted by Crippen LogP contribution is 2.28. The third kappa shape index (κ3) is 2.63. The highest BCUT2D eigenvalue weighted by Gasteiger charge is 2.26. The predicted molar refractivity (Wildman–Crippen MR) is 73.0 cm³/mol. The van der Waals surface area contributed by atoms with Gasteiger partial charge in [0.05, 0.1) is 0 Å². The number of carbonyl (C=O) groups excluding carboxylic acids is 1. The van der Waals surface area contributed by atoms with Gasteiger partial charge in [-0.2, -0.15) is 11.8 Å². The van der Waals surface area contributed by atoms with Crippen LogP contribution in [0.3, 0.4) is 0 Å². The van der Waals surface area contributed by atoms with Crippen molar-refractivity contribution >= 4 is 23.4 Å². The van der Waals surface area contributed by atoms with Crippen LogP contribution in [-0.2, 0) is 0 Å². The number of anilines is 1. The summed E-state index contributed by atoms with van der Waals surface area (Å²) in [5.74, 6) is 2.15. The van der Waals surface area contributed by atoms with Gasteiger partial charge in [-0.15, -0.1) is 0 Å². The van der Waals surface area contributed by atoms with Gasteiger partial charge in [0.1, 0.15) is 5.82 Å². The molecule has 0 aliphatic carbocycles. The van der Waals surface area contributed by atoms with Crippen molar-refractivity contribution in [1.29, 1.82) is 0 Å². The number of Topliss-reactive ketones (excluding diaryl/α,β-unsaturated/α-hetero) is 1. The van der Waals surface area contributed by atoms with Crippen molar-refractivity contribution in [3.05, 3.63) is 23.9 Å². The number of ketones is 1. The minimum absolute atomic E-state index is 0.0979. The molecule has 3 nitrogen and oxygen atoms in total. The molecule has 1 aromatic rings. The summed E-state index contributed by atoms with van der Waals surface area (Å²) in [6.45, 7) is 7.07. The maximum absolute atomic E-state index is 11.4. The van der Waals surface area contributed by atoms with E-state index in [0.717, 1.165) is 23.7 Å². The van der Waals surface area contributed by atoms with Crippen LogP contribution in [0, 0.1) is 0 Å². The molecule has 17 heavy (non-hydrogen) atoms. The van der Waals surface area contributed by atoms with E-state index in [-0.39, 0.29) is 5.78 Å². The van der Waals surface area contributed by atoms with E-state index >= 15 is 0 Å². The topological polar surface area (TPSA) is 33.2 Å². The molecule has 1 saturated heterocycles. The number of aromatic nitrogens is 1. The molecule has 1 aliphatic heterocycles. The molecule has 2 atom stereocenters. The first-order valence-corrected chi connectivity index (χ1v) is 6.99. The van der Waals surface area contributed by atoms with Crippen LogP contribution in [0.1, 0.15) is 31.1 Å². The summed E-state index contributed by atoms with van der Waals surface area (Å²) in [4.78, 5) is 18.1. The summed E-state index contributed by atoms with van der Waals surface area (Å²) in [7, 11) is 0. The van der Waals surface area contributed by atoms with Gasteiger partial charge in [-0.1, -0.05) is 6.92 Å². The van der Waals surface area contributed by atoms with Crippen LogP contribution in [0.4, 0.5) is 5.82 Å². The van der Waals surface area contributed by atoms with Crippen LogP contribution < -0.4 is 4.90 Å². The Morgan fingerprint density at radius 1 is 1.53 bits per heavy atom. The molecule has 1 aromatic heterocycles. The van der Waals surface area contributed by atoms with Crippen LogP contribution >= 0.6 is 11.8 Å². The molecule has 0 radical (unpaired) electrons. The molecule has 1 aliphatic rings. The van der Waals surface area contributed by atoms with Gasteiger partial charge in [0.2, 0.25) is 0 Å². The standard InChI is InChI=1S/C13H18N2OS/c1-9-11(3)17-7-6-15(9)13-8-12(10(2)16)4-5-14-13/h4-5,8-9,11H,6-7H2,1-3H3. The van der Waals surface area contributed by atoms with Crippen LogP contribution in [-0.4, -0.2) is 34.4 Å². The van der Waals surface area contributed by atoms with Gasteiger partial charge in [-0.25, -0.2) is 4.98 Å². The van der Waals surface area contributed by atoms with Gasteiger partial charge in [0, 0.05) is 35.3 Å². The molecule has 2 heterocycles. The third-order valence-electron chi connectivity index (χ3n) is 3.33. The van der Waals surface area contributed by atoms with Crippen LogP contribution in [0.5, 0.6) is 0 Å². The van der Waals surface area contributed by atoms with E-state index in [4.69, 9.17) is 0 Å². The first kappa shape index (κ1) is 12.4. The molecule has 0 saturated carbocycles. The number of hydrogen-bond acceptors (Lipinski definition) is 4. The summed E-state index contributed by atoms with van der Waals surface area (Å²) in [6, 6.07) is 4.14. The Hall–Kier alpha value is -1.03. The SMILES string of the molecule is CC(=O)c1ccnc(N2CCSC(C)C2C)c1. The number of hydrogen-bond donors (Lipinski definition) is 0. The minimum atomic E-state index is 0.0979. The average molecular weight is 250 g/mol. The first-order chi connectivity index (χ1) is 8.09. The second-order valence-electron chi connectivity index (χ2n) is 4.47. The van der Waals surface area contributed by atoms with Crippen LogP contribution in [0.15, 0.2) is 18.3 Å². The van der Waals surface area contributed by atoms with Gasteiger partial charge < -0.3 is 4.90 Å². The second-order valence-corrected chi connectivity index (χ2v) is 5.95. The smallest absolute Gasteiger partial charge is 0.159 e. The number of rotatable bonds is 2. The number of pyridine rings is 1. The largest absolute Gasteiger partial charge is 0.352 e. The Morgan fingerprint density at radius 2 is 2.29 bits per heavy atom. The zero-order valence-electron chi connectivity index (χ0n) is 10.5. The molecule has 1 fully saturated rings. The molecular weight excluding hydrogens is 232 g/mol. The molecule has 92 valence electrons. The summed E-state index contributed by atoms with van der Waals surface area (Å²) in [5.41, 5.74) is 0.744. The lowest BCUT2D eigenvalue weighted by molar-refractivity contribution is 0.101. The van der Waals surface area contributed by atoms with Crippen molar-refractivity contribution < 1.29 is 4.79 Å². The quantitative estimate of drug-likeness (QED) is 0.755. The van der Waals surface area contributed by atoms with Gasteiger partial charge in [0.25, 0.3) is 0 Å². The number of nitrogens with zero attached hydrogens (tertiary/aromatic N) is 2. The molecule has 0 bridgehead atoms. The van der Waals surface area contributed by atoms with E-state index in [1.165, 1.54) is 0 Å². The highest BCUT2D eigenvalue weighted by molar-refractivity contribution is 8.00. The van der Waals surface area contributed by atoms with Gasteiger partial charge in [-0.3, -0.25) is 4.79 Å². The van der Waals surface area contributed by atoms with Crippen molar-refractivity contribution in [2.75, 3.05) is 17.2 Å². The fourth-order valence-electron chi connectivity index (χ4n) is 2.05. The molecule has 0 amide bonds. The van der Waals surface area contributed by atoms with Gasteiger partial charge in [0.15, 0.2) is 5.78 Å². The molecule has 0 N–H and O–H groups in total. The Labute approximate surface area is 107 Å². The van der Waals surface area contributed by atoms with Crippen molar-refractivity contribution in [2.24, 2.45) is 0 Å². The lowest BCUT2D eigenvalue weighted by Crippen LogP contribution is -2.45. The summed E-state index contributed by atoms with van der Waals surface area (Å²) in [6.07, 6.45) is 1.73. The molecular formula is C13H18N2OS. The lowest BCUT2D eigenvalue weighted by Gasteiger charge is -2.38. The van der Waals surface area contributed by atoms with E-state index in [0.29, 0.717) is 11.3 Å². The monoisotopic (exact) mass is 250 g/mol. The number of carbonyl (C=O) groups is 1. The maximum atomic E-state index is 11.4. The second kappa shape index (κ2) is 5.08. The fraction of sp³-hybridized carbons (Fsp3) is 0.538. The van der Waals surface area contributed by atoms with E-state index in [1.54, 1.807) is 19.2 Å². The van der Waals surface area contributed by atoms with E-state index in [1.807, 2.05) is 17.8 Å². The summed E-state index contributed by atoms with van der Waals surface area (Å²) in [5, 5.41) is 0.603. The molecule has 4 heteroatoms. The molecule has 0 spiro atoms. The highest BCUT2D eigenvalue weighted by atomic mass is 32.2. The third-order valence-corrected chi connectivity index (χ3v) is 4.67. The van der Waals surface area contributed by atoms with E-state index in [2.05, 4.69) is 23.7 Å². The predicted octanol–water partition coefficient (Wildman–Crippen LogP) is 2.61. The molecule has 2 rings (SSSR count). The Kier molecular flexibility index (Phi) is 3.72. The zero-order chi connectivity index (χ0) is 12.4. The van der Waals surface area contributed by atoms with Crippen molar-refractivity contribution in [2.45, 2.75) is 32.1 Å². The average Bonchev–Trinajstić information content (AvgIpc) is 2.33.